The fourth-order valence-electron chi connectivity index (χ4n) is 2.77. The van der Waals surface area contributed by atoms with Crippen molar-refractivity contribution in [2.24, 2.45) is 0 Å². The van der Waals surface area contributed by atoms with E-state index in [9.17, 15) is 4.21 Å². The van der Waals surface area contributed by atoms with Crippen molar-refractivity contribution < 1.29 is 13.7 Å². The van der Waals surface area contributed by atoms with Gasteiger partial charge in [-0.05, 0) is 79.7 Å². The molecule has 0 N–H and O–H groups in total. The van der Waals surface area contributed by atoms with Crippen molar-refractivity contribution in [3.63, 3.8) is 0 Å². The van der Waals surface area contributed by atoms with Crippen molar-refractivity contribution in [1.82, 2.24) is 0 Å². The Morgan fingerprint density at radius 2 is 0.897 bits per heavy atom. The molecule has 29 heavy (non-hydrogen) atoms. The smallest absolute Gasteiger partial charge is 0.127 e. The van der Waals surface area contributed by atoms with E-state index in [0.29, 0.717) is 11.5 Å². The Hall–Kier alpha value is -3.37. The Morgan fingerprint density at radius 3 is 1.34 bits per heavy atom. The number of hydrogen-bond acceptors (Lipinski definition) is 3. The van der Waals surface area contributed by atoms with Gasteiger partial charge in [-0.15, -0.1) is 0 Å². The van der Waals surface area contributed by atoms with Crippen LogP contribution in [0, 0.1) is 6.92 Å². The molecule has 0 aromatic heterocycles. The molecule has 4 heteroatoms. The van der Waals surface area contributed by atoms with Crippen molar-refractivity contribution in [2.75, 3.05) is 0 Å². The first-order chi connectivity index (χ1) is 14.2. The molecule has 0 aliphatic heterocycles. The Morgan fingerprint density at radius 1 is 0.517 bits per heavy atom. The third kappa shape index (κ3) is 4.92. The summed E-state index contributed by atoms with van der Waals surface area (Å²) in [6.07, 6.45) is 0. The van der Waals surface area contributed by atoms with Gasteiger partial charge < -0.3 is 9.47 Å². The summed E-state index contributed by atoms with van der Waals surface area (Å²) in [5, 5.41) is 0. The third-order valence-corrected chi connectivity index (χ3v) is 5.71. The summed E-state index contributed by atoms with van der Waals surface area (Å²) in [7, 11) is -1.27. The number of rotatable bonds is 6. The highest BCUT2D eigenvalue weighted by Crippen LogP contribution is 2.26. The van der Waals surface area contributed by atoms with Gasteiger partial charge in [0.15, 0.2) is 0 Å². The van der Waals surface area contributed by atoms with Crippen LogP contribution in [-0.2, 0) is 10.8 Å². The first-order valence-corrected chi connectivity index (χ1v) is 10.4. The third-order valence-electron chi connectivity index (χ3n) is 4.31. The molecule has 0 saturated heterocycles. The van der Waals surface area contributed by atoms with Crippen LogP contribution in [0.15, 0.2) is 113 Å². The van der Waals surface area contributed by atoms with Gasteiger partial charge in [-0.1, -0.05) is 35.9 Å². The van der Waals surface area contributed by atoms with Crippen LogP contribution in [0.1, 0.15) is 5.56 Å². The SMILES string of the molecule is Cc1ccc(Oc2ccc(S(=O)c3ccc(Oc4ccccc4)cc3)cc2)cc1. The molecule has 0 heterocycles. The molecule has 1 atom stereocenters. The van der Waals surface area contributed by atoms with Crippen LogP contribution in [0.25, 0.3) is 0 Å². The maximum atomic E-state index is 12.9. The normalized spacial score (nSPS) is 11.6. The van der Waals surface area contributed by atoms with Crippen LogP contribution in [-0.4, -0.2) is 4.21 Å². The van der Waals surface area contributed by atoms with Gasteiger partial charge in [0.2, 0.25) is 0 Å². The number of aryl methyl sites for hydroxylation is 1. The molecule has 0 spiro atoms. The lowest BCUT2D eigenvalue weighted by molar-refractivity contribution is 0.482. The van der Waals surface area contributed by atoms with Gasteiger partial charge >= 0.3 is 0 Å². The van der Waals surface area contributed by atoms with Gasteiger partial charge in [-0.3, -0.25) is 0 Å². The summed E-state index contributed by atoms with van der Waals surface area (Å²) in [4.78, 5) is 1.44. The summed E-state index contributed by atoms with van der Waals surface area (Å²) in [5.74, 6) is 2.96. The van der Waals surface area contributed by atoms with E-state index in [4.69, 9.17) is 9.47 Å². The van der Waals surface area contributed by atoms with E-state index in [1.54, 1.807) is 0 Å². The van der Waals surface area contributed by atoms with Crippen molar-refractivity contribution >= 4 is 10.8 Å². The molecule has 0 aliphatic rings. The van der Waals surface area contributed by atoms with E-state index >= 15 is 0 Å². The molecular formula is C25H20O3S. The van der Waals surface area contributed by atoms with E-state index in [0.717, 1.165) is 21.3 Å². The molecule has 3 nitrogen and oxygen atoms in total. The molecule has 1 unspecified atom stereocenters. The molecule has 0 fully saturated rings. The van der Waals surface area contributed by atoms with Crippen molar-refractivity contribution in [1.29, 1.82) is 0 Å². The Balaban J connectivity index is 1.43. The second-order valence-electron chi connectivity index (χ2n) is 6.54. The van der Waals surface area contributed by atoms with E-state index in [2.05, 4.69) is 0 Å². The minimum absolute atomic E-state index is 0.707. The van der Waals surface area contributed by atoms with Crippen LogP contribution in [0.4, 0.5) is 0 Å². The number of para-hydroxylation sites is 1. The zero-order valence-electron chi connectivity index (χ0n) is 15.9. The zero-order chi connectivity index (χ0) is 20.1. The fraction of sp³-hybridized carbons (Fsp3) is 0.0400. The molecular weight excluding hydrogens is 380 g/mol. The quantitative estimate of drug-likeness (QED) is 0.359. The van der Waals surface area contributed by atoms with E-state index in [1.165, 1.54) is 5.56 Å². The zero-order valence-corrected chi connectivity index (χ0v) is 16.8. The predicted molar refractivity (Wildman–Crippen MR) is 115 cm³/mol. The van der Waals surface area contributed by atoms with Gasteiger partial charge in [-0.2, -0.15) is 0 Å². The lowest BCUT2D eigenvalue weighted by Crippen LogP contribution is -1.93. The summed E-state index contributed by atoms with van der Waals surface area (Å²) in [5.41, 5.74) is 1.18. The van der Waals surface area contributed by atoms with Gasteiger partial charge in [0.05, 0.1) is 10.8 Å². The minimum atomic E-state index is -1.27. The van der Waals surface area contributed by atoms with Gasteiger partial charge in [0, 0.05) is 9.79 Å². The van der Waals surface area contributed by atoms with Gasteiger partial charge in [0.1, 0.15) is 23.0 Å². The molecule has 144 valence electrons. The van der Waals surface area contributed by atoms with Gasteiger partial charge in [-0.25, -0.2) is 4.21 Å². The lowest BCUT2D eigenvalue weighted by atomic mass is 10.2. The topological polar surface area (TPSA) is 35.5 Å². The minimum Gasteiger partial charge on any atom is -0.457 e. The molecule has 4 aromatic carbocycles. The molecule has 4 rings (SSSR count). The van der Waals surface area contributed by atoms with Crippen LogP contribution < -0.4 is 9.47 Å². The molecule has 0 radical (unpaired) electrons. The maximum absolute atomic E-state index is 12.9. The summed E-state index contributed by atoms with van der Waals surface area (Å²) >= 11 is 0. The number of ether oxygens (including phenoxy) is 2. The highest BCUT2D eigenvalue weighted by atomic mass is 32.2. The van der Waals surface area contributed by atoms with Crippen molar-refractivity contribution in [3.8, 4) is 23.0 Å². The Labute approximate surface area is 173 Å². The molecule has 0 saturated carbocycles. The standard InChI is InChI=1S/C25H20O3S/c1-19-7-9-21(10-8-19)28-23-13-17-25(18-14-23)29(26)24-15-11-22(12-16-24)27-20-5-3-2-4-6-20/h2-18H,1H3. The first kappa shape index (κ1) is 19.0. The predicted octanol–water partition coefficient (Wildman–Crippen LogP) is 6.75. The van der Waals surface area contributed by atoms with Crippen LogP contribution in [0.2, 0.25) is 0 Å². The summed E-state index contributed by atoms with van der Waals surface area (Å²) in [6.45, 7) is 2.04. The second kappa shape index (κ2) is 8.76. The molecule has 0 aliphatic carbocycles. The first-order valence-electron chi connectivity index (χ1n) is 9.27. The Kier molecular flexibility index (Phi) is 5.73. The van der Waals surface area contributed by atoms with E-state index in [1.807, 2.05) is 110 Å². The van der Waals surface area contributed by atoms with E-state index < -0.39 is 10.8 Å². The van der Waals surface area contributed by atoms with Gasteiger partial charge in [0.25, 0.3) is 0 Å². The lowest BCUT2D eigenvalue weighted by Gasteiger charge is -2.08. The monoisotopic (exact) mass is 400 g/mol. The van der Waals surface area contributed by atoms with Crippen LogP contribution >= 0.6 is 0 Å². The van der Waals surface area contributed by atoms with Crippen LogP contribution in [0.3, 0.4) is 0 Å². The molecule has 0 bridgehead atoms. The molecule has 4 aromatic rings. The summed E-state index contributed by atoms with van der Waals surface area (Å²) < 4.78 is 24.5. The van der Waals surface area contributed by atoms with Crippen LogP contribution in [0.5, 0.6) is 23.0 Å². The largest absolute Gasteiger partial charge is 0.457 e. The fourth-order valence-corrected chi connectivity index (χ4v) is 3.80. The van der Waals surface area contributed by atoms with Crippen molar-refractivity contribution in [3.05, 3.63) is 109 Å². The van der Waals surface area contributed by atoms with E-state index in [-0.39, 0.29) is 0 Å². The maximum Gasteiger partial charge on any atom is 0.127 e. The van der Waals surface area contributed by atoms with Crippen molar-refractivity contribution in [2.45, 2.75) is 16.7 Å². The molecule has 0 amide bonds. The Bertz CT molecular complexity index is 1090. The summed E-state index contributed by atoms with van der Waals surface area (Å²) in [6, 6.07) is 32.1. The number of hydrogen-bond donors (Lipinski definition) is 0. The number of benzene rings is 4. The highest BCUT2D eigenvalue weighted by molar-refractivity contribution is 7.85. The average molecular weight is 400 g/mol. The second-order valence-corrected chi connectivity index (χ2v) is 8.02. The highest BCUT2D eigenvalue weighted by Gasteiger charge is 2.08. The average Bonchev–Trinajstić information content (AvgIpc) is 2.77.